The Hall–Kier alpha value is -1.45. The summed E-state index contributed by atoms with van der Waals surface area (Å²) in [6.07, 6.45) is 5.11. The van der Waals surface area contributed by atoms with Crippen molar-refractivity contribution in [2.45, 2.75) is 53.4 Å². The third kappa shape index (κ3) is 7.54. The van der Waals surface area contributed by atoms with Gasteiger partial charge >= 0.3 is 0 Å². The van der Waals surface area contributed by atoms with E-state index in [1.165, 1.54) is 6.08 Å². The van der Waals surface area contributed by atoms with Gasteiger partial charge in [-0.15, -0.1) is 0 Å². The van der Waals surface area contributed by atoms with Crippen molar-refractivity contribution in [3.63, 3.8) is 0 Å². The van der Waals surface area contributed by atoms with Gasteiger partial charge in [-0.1, -0.05) is 26.8 Å². The minimum absolute atomic E-state index is 0.0264. The minimum atomic E-state index is -0.394. The molecule has 0 rings (SSSR count). The standard InChI is InChI=1S/C15H25NO3/c1-5-8-12(17)9-7-10-14(19)16-11-13(18)15(3,4)6-2/h5,8H,6-7,9-11H2,1-4H3,(H,16,19)/b8-5+. The Kier molecular flexibility index (Phi) is 7.96. The molecule has 0 aromatic carbocycles. The number of rotatable bonds is 9. The average molecular weight is 267 g/mol. The first-order valence-electron chi connectivity index (χ1n) is 6.79. The molecule has 0 spiro atoms. The quantitative estimate of drug-likeness (QED) is 0.653. The first kappa shape index (κ1) is 17.6. The van der Waals surface area contributed by atoms with E-state index < -0.39 is 5.41 Å². The summed E-state index contributed by atoms with van der Waals surface area (Å²) in [4.78, 5) is 34.5. The van der Waals surface area contributed by atoms with E-state index in [0.29, 0.717) is 12.8 Å². The van der Waals surface area contributed by atoms with E-state index in [4.69, 9.17) is 0 Å². The smallest absolute Gasteiger partial charge is 0.220 e. The van der Waals surface area contributed by atoms with Crippen LogP contribution in [0.5, 0.6) is 0 Å². The van der Waals surface area contributed by atoms with Crippen LogP contribution in [0.3, 0.4) is 0 Å². The van der Waals surface area contributed by atoms with Crippen LogP contribution in [0.2, 0.25) is 0 Å². The van der Waals surface area contributed by atoms with Gasteiger partial charge in [-0.25, -0.2) is 0 Å². The summed E-state index contributed by atoms with van der Waals surface area (Å²) in [5, 5.41) is 2.61. The van der Waals surface area contributed by atoms with Gasteiger partial charge in [-0.2, -0.15) is 0 Å². The Morgan fingerprint density at radius 3 is 2.32 bits per heavy atom. The molecule has 19 heavy (non-hydrogen) atoms. The van der Waals surface area contributed by atoms with Crippen molar-refractivity contribution in [3.05, 3.63) is 12.2 Å². The molecule has 0 heterocycles. The summed E-state index contributed by atoms with van der Waals surface area (Å²) >= 11 is 0. The molecule has 0 radical (unpaired) electrons. The van der Waals surface area contributed by atoms with Gasteiger partial charge in [-0.3, -0.25) is 14.4 Å². The normalized spacial score (nSPS) is 11.6. The second-order valence-corrected chi connectivity index (χ2v) is 5.26. The van der Waals surface area contributed by atoms with Gasteiger partial charge < -0.3 is 5.32 Å². The Morgan fingerprint density at radius 1 is 1.16 bits per heavy atom. The largest absolute Gasteiger partial charge is 0.349 e. The number of ketones is 2. The van der Waals surface area contributed by atoms with Gasteiger partial charge in [0.05, 0.1) is 6.54 Å². The number of nitrogens with one attached hydrogen (secondary N) is 1. The number of carbonyl (C=O) groups is 3. The first-order valence-corrected chi connectivity index (χ1v) is 6.79. The van der Waals surface area contributed by atoms with Crippen molar-refractivity contribution in [2.75, 3.05) is 6.54 Å². The minimum Gasteiger partial charge on any atom is -0.349 e. The lowest BCUT2D eigenvalue weighted by Gasteiger charge is -2.20. The molecular formula is C15H25NO3. The third-order valence-electron chi connectivity index (χ3n) is 3.26. The zero-order valence-corrected chi connectivity index (χ0v) is 12.4. The lowest BCUT2D eigenvalue weighted by Crippen LogP contribution is -2.36. The number of amides is 1. The highest BCUT2D eigenvalue weighted by Gasteiger charge is 2.24. The molecule has 0 aromatic heterocycles. The van der Waals surface area contributed by atoms with E-state index in [1.54, 1.807) is 13.0 Å². The van der Waals surface area contributed by atoms with Gasteiger partial charge in [0.1, 0.15) is 0 Å². The number of allylic oxidation sites excluding steroid dienone is 2. The summed E-state index contributed by atoms with van der Waals surface area (Å²) in [5.74, 6) is -0.111. The molecular weight excluding hydrogens is 242 g/mol. The van der Waals surface area contributed by atoms with Crippen molar-refractivity contribution in [2.24, 2.45) is 5.41 Å². The van der Waals surface area contributed by atoms with Crippen molar-refractivity contribution in [1.29, 1.82) is 0 Å². The first-order chi connectivity index (χ1) is 8.83. The van der Waals surface area contributed by atoms with Gasteiger partial charge in [0.2, 0.25) is 5.91 Å². The zero-order valence-electron chi connectivity index (χ0n) is 12.4. The molecule has 0 fully saturated rings. The Balaban J connectivity index is 3.89. The van der Waals surface area contributed by atoms with Crippen LogP contribution in [0.1, 0.15) is 53.4 Å². The molecule has 0 atom stereocenters. The van der Waals surface area contributed by atoms with Crippen LogP contribution in [-0.2, 0) is 14.4 Å². The zero-order chi connectivity index (χ0) is 14.9. The molecule has 0 aliphatic rings. The molecule has 0 aliphatic heterocycles. The second kappa shape index (κ2) is 8.62. The molecule has 0 bridgehead atoms. The highest BCUT2D eigenvalue weighted by atomic mass is 16.2. The van der Waals surface area contributed by atoms with E-state index in [2.05, 4.69) is 5.32 Å². The van der Waals surface area contributed by atoms with Gasteiger partial charge in [0.25, 0.3) is 0 Å². The topological polar surface area (TPSA) is 63.2 Å². The molecule has 1 N–H and O–H groups in total. The maximum absolute atomic E-state index is 11.8. The number of hydrogen-bond donors (Lipinski definition) is 1. The van der Waals surface area contributed by atoms with E-state index in [9.17, 15) is 14.4 Å². The molecule has 0 aliphatic carbocycles. The van der Waals surface area contributed by atoms with Crippen LogP contribution in [0.25, 0.3) is 0 Å². The molecule has 0 saturated heterocycles. The van der Waals surface area contributed by atoms with Crippen LogP contribution in [0.15, 0.2) is 12.2 Å². The van der Waals surface area contributed by atoms with Crippen LogP contribution in [0.4, 0.5) is 0 Å². The highest BCUT2D eigenvalue weighted by molar-refractivity contribution is 5.91. The maximum Gasteiger partial charge on any atom is 0.220 e. The fourth-order valence-corrected chi connectivity index (χ4v) is 1.40. The number of Topliss-reactive ketones (excluding diaryl/α,β-unsaturated/α-hetero) is 1. The maximum atomic E-state index is 11.8. The fraction of sp³-hybridized carbons (Fsp3) is 0.667. The summed E-state index contributed by atoms with van der Waals surface area (Å²) in [6, 6.07) is 0. The van der Waals surface area contributed by atoms with Crippen molar-refractivity contribution < 1.29 is 14.4 Å². The lowest BCUT2D eigenvalue weighted by molar-refractivity contribution is -0.129. The van der Waals surface area contributed by atoms with Crippen molar-refractivity contribution in [3.8, 4) is 0 Å². The molecule has 0 saturated carbocycles. The highest BCUT2D eigenvalue weighted by Crippen LogP contribution is 2.20. The number of hydrogen-bond acceptors (Lipinski definition) is 3. The molecule has 0 aromatic rings. The van der Waals surface area contributed by atoms with Crippen molar-refractivity contribution >= 4 is 17.5 Å². The Labute approximate surface area is 115 Å². The molecule has 1 amide bonds. The van der Waals surface area contributed by atoms with Crippen LogP contribution in [0, 0.1) is 5.41 Å². The van der Waals surface area contributed by atoms with Gasteiger partial charge in [0.15, 0.2) is 11.6 Å². The van der Waals surface area contributed by atoms with Gasteiger partial charge in [0, 0.05) is 18.3 Å². The summed E-state index contributed by atoms with van der Waals surface area (Å²) in [7, 11) is 0. The van der Waals surface area contributed by atoms with E-state index in [-0.39, 0.29) is 30.4 Å². The summed E-state index contributed by atoms with van der Waals surface area (Å²) in [5.41, 5.74) is -0.394. The summed E-state index contributed by atoms with van der Waals surface area (Å²) in [6.45, 7) is 7.55. The lowest BCUT2D eigenvalue weighted by atomic mass is 9.85. The molecule has 4 nitrogen and oxygen atoms in total. The molecule has 108 valence electrons. The van der Waals surface area contributed by atoms with Crippen LogP contribution >= 0.6 is 0 Å². The third-order valence-corrected chi connectivity index (χ3v) is 3.26. The number of carbonyl (C=O) groups excluding carboxylic acids is 3. The monoisotopic (exact) mass is 267 g/mol. The predicted octanol–water partition coefficient (Wildman–Crippen LogP) is 2.42. The summed E-state index contributed by atoms with van der Waals surface area (Å²) < 4.78 is 0. The van der Waals surface area contributed by atoms with Gasteiger partial charge in [-0.05, 0) is 25.8 Å². The SMILES string of the molecule is C/C=C/C(=O)CCCC(=O)NCC(=O)C(C)(C)CC. The average Bonchev–Trinajstić information content (AvgIpc) is 2.36. The predicted molar refractivity (Wildman–Crippen MR) is 75.8 cm³/mol. The van der Waals surface area contributed by atoms with E-state index in [1.807, 2.05) is 20.8 Å². The van der Waals surface area contributed by atoms with Crippen molar-refractivity contribution in [1.82, 2.24) is 5.32 Å². The van der Waals surface area contributed by atoms with Crippen LogP contribution in [-0.4, -0.2) is 24.0 Å². The van der Waals surface area contributed by atoms with E-state index in [0.717, 1.165) is 6.42 Å². The molecule has 4 heteroatoms. The van der Waals surface area contributed by atoms with Crippen LogP contribution < -0.4 is 5.32 Å². The molecule has 0 unspecified atom stereocenters. The fourth-order valence-electron chi connectivity index (χ4n) is 1.40. The Bertz CT molecular complexity index is 356. The Morgan fingerprint density at radius 2 is 1.79 bits per heavy atom. The van der Waals surface area contributed by atoms with E-state index >= 15 is 0 Å². The second-order valence-electron chi connectivity index (χ2n) is 5.26.